The second-order valence-electron chi connectivity index (χ2n) is 5.46. The Hall–Kier alpha value is -2.29. The fourth-order valence-electron chi connectivity index (χ4n) is 2.56. The number of hydrogen-bond acceptors (Lipinski definition) is 5. The minimum absolute atomic E-state index is 0.0968. The first kappa shape index (κ1) is 16.6. The minimum atomic E-state index is -3.86. The first-order valence-corrected chi connectivity index (χ1v) is 8.66. The molecule has 124 valence electrons. The van der Waals surface area contributed by atoms with Crippen molar-refractivity contribution in [2.75, 3.05) is 7.11 Å². The summed E-state index contributed by atoms with van der Waals surface area (Å²) < 4.78 is 32.0. The minimum Gasteiger partial charge on any atom is -0.497 e. The van der Waals surface area contributed by atoms with Crippen molar-refractivity contribution in [1.82, 2.24) is 3.97 Å². The summed E-state index contributed by atoms with van der Waals surface area (Å²) in [6.45, 7) is 1.87. The molecule has 2 aromatic carbocycles. The van der Waals surface area contributed by atoms with Gasteiger partial charge in [-0.3, -0.25) is 0 Å². The SMILES string of the molecule is COc1ccc2c(c1)c(B(O)O)cn2S(=O)(=O)c1ccc(C)cc1. The number of methoxy groups -OCH3 is 1. The van der Waals surface area contributed by atoms with E-state index in [-0.39, 0.29) is 10.4 Å². The molecule has 1 aromatic heterocycles. The fourth-order valence-corrected chi connectivity index (χ4v) is 3.94. The average Bonchev–Trinajstić information content (AvgIpc) is 2.94. The smallest absolute Gasteiger partial charge is 0.490 e. The summed E-state index contributed by atoms with van der Waals surface area (Å²) >= 11 is 0. The molecule has 0 aliphatic carbocycles. The highest BCUT2D eigenvalue weighted by molar-refractivity contribution is 7.90. The Kier molecular flexibility index (Phi) is 4.12. The zero-order valence-corrected chi connectivity index (χ0v) is 14.0. The van der Waals surface area contributed by atoms with E-state index in [1.807, 2.05) is 6.92 Å². The number of aryl methyl sites for hydroxylation is 1. The van der Waals surface area contributed by atoms with Gasteiger partial charge in [0, 0.05) is 17.0 Å². The third kappa shape index (κ3) is 2.68. The number of rotatable bonds is 4. The van der Waals surface area contributed by atoms with Gasteiger partial charge in [0.15, 0.2) is 0 Å². The van der Waals surface area contributed by atoms with Gasteiger partial charge in [0.05, 0.1) is 17.5 Å². The first-order chi connectivity index (χ1) is 11.3. The average molecular weight is 345 g/mol. The molecule has 0 aliphatic heterocycles. The van der Waals surface area contributed by atoms with Crippen LogP contribution in [0, 0.1) is 6.92 Å². The molecule has 0 aliphatic rings. The lowest BCUT2D eigenvalue weighted by Gasteiger charge is -2.08. The molecule has 0 saturated carbocycles. The molecule has 1 heterocycles. The molecule has 0 bridgehead atoms. The lowest BCUT2D eigenvalue weighted by Crippen LogP contribution is -2.29. The van der Waals surface area contributed by atoms with Crippen LogP contribution in [0.3, 0.4) is 0 Å². The van der Waals surface area contributed by atoms with Crippen LogP contribution in [0.4, 0.5) is 0 Å². The van der Waals surface area contributed by atoms with Gasteiger partial charge in [-0.1, -0.05) is 17.7 Å². The second kappa shape index (κ2) is 5.97. The summed E-state index contributed by atoms with van der Waals surface area (Å²) in [7, 11) is -4.18. The van der Waals surface area contributed by atoms with E-state index in [9.17, 15) is 18.5 Å². The van der Waals surface area contributed by atoms with Crippen molar-refractivity contribution in [3.63, 3.8) is 0 Å². The first-order valence-electron chi connectivity index (χ1n) is 7.22. The lowest BCUT2D eigenvalue weighted by molar-refractivity contribution is 0.415. The molecule has 2 N–H and O–H groups in total. The number of nitrogens with zero attached hydrogens (tertiary/aromatic N) is 1. The number of fused-ring (bicyclic) bond motifs is 1. The zero-order valence-electron chi connectivity index (χ0n) is 13.2. The highest BCUT2D eigenvalue weighted by Gasteiger charge is 2.25. The summed E-state index contributed by atoms with van der Waals surface area (Å²) in [4.78, 5) is 0.125. The molecular formula is C16H16BNO5S. The Balaban J connectivity index is 2.28. The van der Waals surface area contributed by atoms with E-state index in [1.165, 1.54) is 25.4 Å². The van der Waals surface area contributed by atoms with E-state index in [2.05, 4.69) is 0 Å². The molecule has 0 saturated heterocycles. The number of benzene rings is 2. The molecule has 0 unspecified atom stereocenters. The van der Waals surface area contributed by atoms with Crippen molar-refractivity contribution in [2.24, 2.45) is 0 Å². The molecule has 0 atom stereocenters. The summed E-state index contributed by atoms with van der Waals surface area (Å²) in [6.07, 6.45) is 1.23. The van der Waals surface area contributed by atoms with Crippen molar-refractivity contribution < 1.29 is 23.2 Å². The van der Waals surface area contributed by atoms with E-state index < -0.39 is 17.1 Å². The van der Waals surface area contributed by atoms with Gasteiger partial charge in [-0.2, -0.15) is 0 Å². The van der Waals surface area contributed by atoms with Crippen molar-refractivity contribution in [3.8, 4) is 5.75 Å². The van der Waals surface area contributed by atoms with Crippen LogP contribution in [-0.4, -0.2) is 36.7 Å². The quantitative estimate of drug-likeness (QED) is 0.685. The molecule has 6 nitrogen and oxygen atoms in total. The largest absolute Gasteiger partial charge is 0.497 e. The van der Waals surface area contributed by atoms with Crippen molar-refractivity contribution >= 4 is 33.5 Å². The number of ether oxygens (including phenoxy) is 1. The van der Waals surface area contributed by atoms with Crippen LogP contribution in [0.15, 0.2) is 53.6 Å². The maximum absolute atomic E-state index is 12.9. The molecular weight excluding hydrogens is 329 g/mol. The highest BCUT2D eigenvalue weighted by atomic mass is 32.2. The van der Waals surface area contributed by atoms with Gasteiger partial charge >= 0.3 is 7.12 Å². The van der Waals surface area contributed by atoms with E-state index in [0.29, 0.717) is 16.7 Å². The van der Waals surface area contributed by atoms with Crippen molar-refractivity contribution in [1.29, 1.82) is 0 Å². The molecule has 24 heavy (non-hydrogen) atoms. The second-order valence-corrected chi connectivity index (χ2v) is 7.27. The van der Waals surface area contributed by atoms with Crippen LogP contribution in [0.1, 0.15) is 5.56 Å². The Morgan fingerprint density at radius 2 is 1.75 bits per heavy atom. The summed E-state index contributed by atoms with van der Waals surface area (Å²) in [6, 6.07) is 11.2. The molecule has 3 aromatic rings. The monoisotopic (exact) mass is 345 g/mol. The van der Waals surface area contributed by atoms with E-state index in [4.69, 9.17) is 4.74 Å². The van der Waals surface area contributed by atoms with Gasteiger partial charge in [-0.05, 0) is 37.3 Å². The van der Waals surface area contributed by atoms with Crippen LogP contribution >= 0.6 is 0 Å². The third-order valence-electron chi connectivity index (χ3n) is 3.86. The van der Waals surface area contributed by atoms with E-state index in [0.717, 1.165) is 9.54 Å². The molecule has 8 heteroatoms. The third-order valence-corrected chi connectivity index (χ3v) is 5.55. The normalized spacial score (nSPS) is 11.7. The van der Waals surface area contributed by atoms with Crippen molar-refractivity contribution in [3.05, 3.63) is 54.2 Å². The fraction of sp³-hybridized carbons (Fsp3) is 0.125. The van der Waals surface area contributed by atoms with Crippen LogP contribution < -0.4 is 10.2 Å². The Labute approximate surface area is 140 Å². The maximum Gasteiger partial charge on any atom is 0.490 e. The number of aromatic nitrogens is 1. The molecule has 0 spiro atoms. The molecule has 0 fully saturated rings. The Morgan fingerprint density at radius 1 is 1.08 bits per heavy atom. The molecule has 3 rings (SSSR count). The summed E-state index contributed by atoms with van der Waals surface area (Å²) in [5.41, 5.74) is 1.39. The topological polar surface area (TPSA) is 88.8 Å². The van der Waals surface area contributed by atoms with E-state index in [1.54, 1.807) is 30.3 Å². The van der Waals surface area contributed by atoms with Gasteiger partial charge in [-0.25, -0.2) is 12.4 Å². The Morgan fingerprint density at radius 3 is 2.33 bits per heavy atom. The maximum atomic E-state index is 12.9. The van der Waals surface area contributed by atoms with Crippen LogP contribution in [0.2, 0.25) is 0 Å². The van der Waals surface area contributed by atoms with Crippen molar-refractivity contribution in [2.45, 2.75) is 11.8 Å². The summed E-state index contributed by atoms with van der Waals surface area (Å²) in [5, 5.41) is 19.6. The Bertz CT molecular complexity index is 993. The van der Waals surface area contributed by atoms with Gasteiger partial charge in [0.25, 0.3) is 10.0 Å². The van der Waals surface area contributed by atoms with Gasteiger partial charge < -0.3 is 14.8 Å². The van der Waals surface area contributed by atoms with Crippen LogP contribution in [0.5, 0.6) is 5.75 Å². The van der Waals surface area contributed by atoms with Gasteiger partial charge in [-0.15, -0.1) is 0 Å². The van der Waals surface area contributed by atoms with Crippen LogP contribution in [0.25, 0.3) is 10.9 Å². The highest BCUT2D eigenvalue weighted by Crippen LogP contribution is 2.25. The molecule has 0 amide bonds. The number of hydrogen-bond donors (Lipinski definition) is 2. The van der Waals surface area contributed by atoms with Gasteiger partial charge in [0.2, 0.25) is 0 Å². The molecule has 0 radical (unpaired) electrons. The van der Waals surface area contributed by atoms with E-state index >= 15 is 0 Å². The predicted octanol–water partition coefficient (Wildman–Crippen LogP) is 0.875. The predicted molar refractivity (Wildman–Crippen MR) is 92.1 cm³/mol. The summed E-state index contributed by atoms with van der Waals surface area (Å²) in [5.74, 6) is 0.495. The zero-order chi connectivity index (χ0) is 17.5. The lowest BCUT2D eigenvalue weighted by atomic mass is 9.80. The standard InChI is InChI=1S/C16H16BNO5S/c1-11-3-6-13(7-4-11)24(21,22)18-10-15(17(19)20)14-9-12(23-2)5-8-16(14)18/h3-10,19-20H,1-2H3. The van der Waals surface area contributed by atoms with Crippen LogP contribution in [-0.2, 0) is 10.0 Å². The van der Waals surface area contributed by atoms with Gasteiger partial charge in [0.1, 0.15) is 5.75 Å².